The second kappa shape index (κ2) is 3.98. The fourth-order valence-electron chi connectivity index (χ4n) is 2.36. The van der Waals surface area contributed by atoms with Crippen molar-refractivity contribution in [2.75, 3.05) is 0 Å². The highest BCUT2D eigenvalue weighted by Crippen LogP contribution is 2.37. The van der Waals surface area contributed by atoms with E-state index in [0.29, 0.717) is 0 Å². The number of hydrogen-bond donors (Lipinski definition) is 0. The zero-order valence-corrected chi connectivity index (χ0v) is 11.8. The zero-order valence-electron chi connectivity index (χ0n) is 11.8. The third kappa shape index (κ3) is 1.96. The van der Waals surface area contributed by atoms with Crippen LogP contribution in [0.5, 0.6) is 0 Å². The molecule has 1 aromatic rings. The van der Waals surface area contributed by atoms with Crippen molar-refractivity contribution >= 4 is 11.3 Å². The minimum atomic E-state index is -0.496. The maximum Gasteiger partial charge on any atom is 0.193 e. The van der Waals surface area contributed by atoms with E-state index < -0.39 is 5.54 Å². The molecule has 0 atom stereocenters. The first-order valence-electron chi connectivity index (χ1n) is 6.37. The van der Waals surface area contributed by atoms with Gasteiger partial charge in [0.15, 0.2) is 11.3 Å². The fourth-order valence-corrected chi connectivity index (χ4v) is 2.36. The summed E-state index contributed by atoms with van der Waals surface area (Å²) < 4.78 is 1.16. The van der Waals surface area contributed by atoms with Gasteiger partial charge in [-0.05, 0) is 5.56 Å². The molecule has 2 nitrogen and oxygen atoms in total. The SMILES string of the molecule is CC(C)(C)C1=[N+]([O-])C(C)(C)C(c2ccccc2)=C1. The molecule has 2 rings (SSSR count). The Hall–Kier alpha value is -1.57. The van der Waals surface area contributed by atoms with Crippen LogP contribution in [0.1, 0.15) is 40.2 Å². The second-order valence-electron chi connectivity index (χ2n) is 6.41. The van der Waals surface area contributed by atoms with Crippen LogP contribution in [0.25, 0.3) is 5.57 Å². The maximum atomic E-state index is 12.5. The van der Waals surface area contributed by atoms with Crippen LogP contribution >= 0.6 is 0 Å². The van der Waals surface area contributed by atoms with E-state index >= 15 is 0 Å². The molecule has 1 aliphatic heterocycles. The summed E-state index contributed by atoms with van der Waals surface area (Å²) in [5, 5.41) is 12.5. The third-order valence-electron chi connectivity index (χ3n) is 3.52. The van der Waals surface area contributed by atoms with Crippen LogP contribution < -0.4 is 0 Å². The number of nitrogens with zero attached hydrogens (tertiary/aromatic N) is 1. The standard InChI is InChI=1S/C16H21NO/c1-15(2,3)14-11-13(16(4,5)17(14)18)12-9-7-6-8-10-12/h6-11H,1-5H3. The van der Waals surface area contributed by atoms with Gasteiger partial charge in [0.1, 0.15) is 0 Å². The highest BCUT2D eigenvalue weighted by atomic mass is 16.5. The molecule has 0 amide bonds. The van der Waals surface area contributed by atoms with E-state index in [-0.39, 0.29) is 5.41 Å². The summed E-state index contributed by atoms with van der Waals surface area (Å²) in [5.41, 5.74) is 2.46. The first kappa shape index (κ1) is 12.9. The van der Waals surface area contributed by atoms with Crippen LogP contribution in [0.3, 0.4) is 0 Å². The van der Waals surface area contributed by atoms with Crippen molar-refractivity contribution in [3.63, 3.8) is 0 Å². The lowest BCUT2D eigenvalue weighted by Gasteiger charge is -2.25. The summed E-state index contributed by atoms with van der Waals surface area (Å²) in [4.78, 5) is 0. The van der Waals surface area contributed by atoms with E-state index in [1.807, 2.05) is 32.0 Å². The summed E-state index contributed by atoms with van der Waals surface area (Å²) in [6, 6.07) is 10.1. The Labute approximate surface area is 109 Å². The van der Waals surface area contributed by atoms with E-state index in [4.69, 9.17) is 0 Å². The average molecular weight is 243 g/mol. The first-order chi connectivity index (χ1) is 8.24. The lowest BCUT2D eigenvalue weighted by Crippen LogP contribution is -2.35. The van der Waals surface area contributed by atoms with Crippen LogP contribution in [0.2, 0.25) is 0 Å². The Morgan fingerprint density at radius 1 is 1.06 bits per heavy atom. The van der Waals surface area contributed by atoms with Gasteiger partial charge in [0.25, 0.3) is 0 Å². The van der Waals surface area contributed by atoms with Gasteiger partial charge in [-0.15, -0.1) is 0 Å². The third-order valence-corrected chi connectivity index (χ3v) is 3.52. The van der Waals surface area contributed by atoms with Crippen LogP contribution in [-0.4, -0.2) is 16.0 Å². The molecule has 0 fully saturated rings. The van der Waals surface area contributed by atoms with Crippen molar-refractivity contribution < 1.29 is 4.74 Å². The summed E-state index contributed by atoms with van der Waals surface area (Å²) >= 11 is 0. The van der Waals surface area contributed by atoms with E-state index in [2.05, 4.69) is 39.0 Å². The summed E-state index contributed by atoms with van der Waals surface area (Å²) in [5.74, 6) is 0. The predicted molar refractivity (Wildman–Crippen MR) is 76.6 cm³/mol. The molecule has 0 aliphatic carbocycles. The number of benzene rings is 1. The lowest BCUT2D eigenvalue weighted by atomic mass is 9.87. The smallest absolute Gasteiger partial charge is 0.193 e. The molecule has 96 valence electrons. The van der Waals surface area contributed by atoms with E-state index in [0.717, 1.165) is 21.6 Å². The van der Waals surface area contributed by atoms with Gasteiger partial charge < -0.3 is 5.21 Å². The van der Waals surface area contributed by atoms with Crippen molar-refractivity contribution in [1.82, 2.24) is 0 Å². The van der Waals surface area contributed by atoms with Crippen molar-refractivity contribution in [2.24, 2.45) is 5.41 Å². The minimum absolute atomic E-state index is 0.129. The minimum Gasteiger partial charge on any atom is -0.623 e. The zero-order chi connectivity index (χ0) is 13.6. The normalized spacial score (nSPS) is 19.1. The molecule has 1 aliphatic rings. The Morgan fingerprint density at radius 2 is 1.61 bits per heavy atom. The summed E-state index contributed by atoms with van der Waals surface area (Å²) in [6.45, 7) is 10.2. The number of hydrogen-bond acceptors (Lipinski definition) is 1. The van der Waals surface area contributed by atoms with E-state index in [1.54, 1.807) is 0 Å². The molecule has 0 saturated heterocycles. The van der Waals surface area contributed by atoms with E-state index in [9.17, 15) is 5.21 Å². The van der Waals surface area contributed by atoms with Gasteiger partial charge in [-0.3, -0.25) is 0 Å². The Kier molecular flexibility index (Phi) is 2.84. The Morgan fingerprint density at radius 3 is 2.06 bits per heavy atom. The molecule has 0 bridgehead atoms. The fraction of sp³-hybridized carbons (Fsp3) is 0.438. The molecule has 2 heteroatoms. The predicted octanol–water partition coefficient (Wildman–Crippen LogP) is 3.86. The molecule has 1 aromatic carbocycles. The molecule has 0 spiro atoms. The quantitative estimate of drug-likeness (QED) is 0.543. The highest BCUT2D eigenvalue weighted by Gasteiger charge is 2.43. The number of allylic oxidation sites excluding steroid dienone is 1. The van der Waals surface area contributed by atoms with Crippen molar-refractivity contribution in [3.05, 3.63) is 47.2 Å². The average Bonchev–Trinajstić information content (AvgIpc) is 2.51. The highest BCUT2D eigenvalue weighted by molar-refractivity contribution is 6.04. The van der Waals surface area contributed by atoms with Gasteiger partial charge in [-0.2, -0.15) is 4.74 Å². The molecular formula is C16H21NO. The van der Waals surface area contributed by atoms with Gasteiger partial charge in [0, 0.05) is 30.9 Å². The number of rotatable bonds is 1. The largest absolute Gasteiger partial charge is 0.623 e. The van der Waals surface area contributed by atoms with Crippen LogP contribution in [0.4, 0.5) is 0 Å². The van der Waals surface area contributed by atoms with Gasteiger partial charge in [-0.25, -0.2) is 0 Å². The molecule has 0 radical (unpaired) electrons. The van der Waals surface area contributed by atoms with Crippen molar-refractivity contribution in [2.45, 2.75) is 40.2 Å². The topological polar surface area (TPSA) is 26.1 Å². The Bertz CT molecular complexity index is 516. The molecule has 0 unspecified atom stereocenters. The lowest BCUT2D eigenvalue weighted by molar-refractivity contribution is -0.519. The summed E-state index contributed by atoms with van der Waals surface area (Å²) in [6.07, 6.45) is 2.06. The number of hydroxylamine groups is 1. The molecule has 1 heterocycles. The van der Waals surface area contributed by atoms with Crippen LogP contribution in [0.15, 0.2) is 36.4 Å². The van der Waals surface area contributed by atoms with Crippen molar-refractivity contribution in [3.8, 4) is 0 Å². The second-order valence-corrected chi connectivity index (χ2v) is 6.41. The maximum absolute atomic E-state index is 12.5. The first-order valence-corrected chi connectivity index (χ1v) is 6.37. The van der Waals surface area contributed by atoms with Crippen LogP contribution in [0, 0.1) is 10.6 Å². The van der Waals surface area contributed by atoms with Gasteiger partial charge >= 0.3 is 0 Å². The molecule has 18 heavy (non-hydrogen) atoms. The van der Waals surface area contributed by atoms with Crippen molar-refractivity contribution in [1.29, 1.82) is 0 Å². The molecule has 0 aromatic heterocycles. The molecule has 0 N–H and O–H groups in total. The van der Waals surface area contributed by atoms with Gasteiger partial charge in [-0.1, -0.05) is 51.1 Å². The Balaban J connectivity index is 2.54. The summed E-state index contributed by atoms with van der Waals surface area (Å²) in [7, 11) is 0. The van der Waals surface area contributed by atoms with Gasteiger partial charge in [0.2, 0.25) is 0 Å². The van der Waals surface area contributed by atoms with Gasteiger partial charge in [0.05, 0.1) is 0 Å². The monoisotopic (exact) mass is 243 g/mol. The van der Waals surface area contributed by atoms with E-state index in [1.165, 1.54) is 0 Å². The molecule has 0 saturated carbocycles. The van der Waals surface area contributed by atoms with Crippen LogP contribution in [-0.2, 0) is 0 Å². The molecular weight excluding hydrogens is 222 g/mol.